The molecule has 1 aromatic carbocycles. The number of amides is 1. The summed E-state index contributed by atoms with van der Waals surface area (Å²) >= 11 is 0. The molecule has 1 aliphatic heterocycles. The van der Waals surface area contributed by atoms with Crippen molar-refractivity contribution >= 4 is 15.9 Å². The first kappa shape index (κ1) is 17.7. The molecule has 1 amide bonds. The molecule has 128 valence electrons. The lowest BCUT2D eigenvalue weighted by atomic mass is 10.2. The van der Waals surface area contributed by atoms with Gasteiger partial charge in [-0.05, 0) is 25.1 Å². The summed E-state index contributed by atoms with van der Waals surface area (Å²) < 4.78 is 36.3. The van der Waals surface area contributed by atoms with Gasteiger partial charge >= 0.3 is 0 Å². The lowest BCUT2D eigenvalue weighted by molar-refractivity contribution is 0.0102. The molecule has 7 nitrogen and oxygen atoms in total. The van der Waals surface area contributed by atoms with Gasteiger partial charge in [0.25, 0.3) is 5.91 Å². The fourth-order valence-corrected chi connectivity index (χ4v) is 3.74. The van der Waals surface area contributed by atoms with Crippen LogP contribution in [0.4, 0.5) is 0 Å². The number of rotatable bonds is 6. The van der Waals surface area contributed by atoms with Crippen molar-refractivity contribution in [3.8, 4) is 5.75 Å². The summed E-state index contributed by atoms with van der Waals surface area (Å²) in [5.74, 6) is 0.122. The van der Waals surface area contributed by atoms with Crippen LogP contribution in [-0.2, 0) is 14.8 Å². The van der Waals surface area contributed by atoms with Gasteiger partial charge < -0.3 is 14.8 Å². The maximum Gasteiger partial charge on any atom is 0.251 e. The molecule has 1 aromatic rings. The number of morpholine rings is 1. The molecule has 1 atom stereocenters. The smallest absolute Gasteiger partial charge is 0.251 e. The van der Waals surface area contributed by atoms with Gasteiger partial charge in [-0.25, -0.2) is 8.42 Å². The van der Waals surface area contributed by atoms with Crippen LogP contribution in [0.25, 0.3) is 0 Å². The van der Waals surface area contributed by atoms with Crippen LogP contribution in [0.1, 0.15) is 17.3 Å². The van der Waals surface area contributed by atoms with Crippen LogP contribution >= 0.6 is 0 Å². The maximum atomic E-state index is 12.2. The molecular formula is C15H22N2O5S. The van der Waals surface area contributed by atoms with Gasteiger partial charge in [0.1, 0.15) is 5.75 Å². The average molecular weight is 342 g/mol. The average Bonchev–Trinajstić information content (AvgIpc) is 2.54. The molecule has 0 aliphatic carbocycles. The minimum Gasteiger partial charge on any atom is -0.497 e. The van der Waals surface area contributed by atoms with E-state index in [0.29, 0.717) is 31.0 Å². The predicted octanol–water partition coefficient (Wildman–Crippen LogP) is 0.476. The Morgan fingerprint density at radius 3 is 2.96 bits per heavy atom. The Morgan fingerprint density at radius 1 is 1.48 bits per heavy atom. The summed E-state index contributed by atoms with van der Waals surface area (Å²) in [6, 6.07) is 6.70. The number of carbonyl (C=O) groups excluding carboxylic acids is 1. The van der Waals surface area contributed by atoms with Gasteiger partial charge in [-0.1, -0.05) is 6.07 Å². The number of methoxy groups -OCH3 is 1. The molecule has 0 bridgehead atoms. The number of sulfonamides is 1. The second-order valence-corrected chi connectivity index (χ2v) is 7.43. The Hall–Kier alpha value is -1.64. The Balaban J connectivity index is 1.87. The van der Waals surface area contributed by atoms with E-state index < -0.39 is 10.0 Å². The number of hydrogen-bond acceptors (Lipinski definition) is 5. The first-order chi connectivity index (χ1) is 10.9. The van der Waals surface area contributed by atoms with E-state index in [1.807, 2.05) is 6.92 Å². The van der Waals surface area contributed by atoms with E-state index in [1.165, 1.54) is 11.4 Å². The molecular weight excluding hydrogens is 320 g/mol. The minimum absolute atomic E-state index is 0.0596. The lowest BCUT2D eigenvalue weighted by Gasteiger charge is -2.30. The van der Waals surface area contributed by atoms with Gasteiger partial charge in [0.15, 0.2) is 0 Å². The first-order valence-corrected chi connectivity index (χ1v) is 9.05. The van der Waals surface area contributed by atoms with Crippen molar-refractivity contribution in [1.29, 1.82) is 0 Å². The van der Waals surface area contributed by atoms with Crippen molar-refractivity contribution in [2.45, 2.75) is 13.0 Å². The Morgan fingerprint density at radius 2 is 2.26 bits per heavy atom. The Labute approximate surface area is 136 Å². The molecule has 1 N–H and O–H groups in total. The highest BCUT2D eigenvalue weighted by molar-refractivity contribution is 7.89. The second kappa shape index (κ2) is 7.76. The second-order valence-electron chi connectivity index (χ2n) is 5.34. The molecule has 0 aromatic heterocycles. The van der Waals surface area contributed by atoms with Crippen molar-refractivity contribution in [2.75, 3.05) is 39.1 Å². The molecule has 1 heterocycles. The summed E-state index contributed by atoms with van der Waals surface area (Å²) in [5, 5.41) is 2.63. The van der Waals surface area contributed by atoms with Crippen LogP contribution in [0.2, 0.25) is 0 Å². The predicted molar refractivity (Wildman–Crippen MR) is 86.1 cm³/mol. The third-order valence-corrected chi connectivity index (χ3v) is 5.41. The molecule has 1 aliphatic rings. The number of nitrogens with zero attached hydrogens (tertiary/aromatic N) is 1. The molecule has 1 fully saturated rings. The van der Waals surface area contributed by atoms with E-state index >= 15 is 0 Å². The monoisotopic (exact) mass is 342 g/mol. The van der Waals surface area contributed by atoms with Gasteiger partial charge in [-0.3, -0.25) is 4.79 Å². The molecule has 1 unspecified atom stereocenters. The molecule has 2 rings (SSSR count). The zero-order valence-electron chi connectivity index (χ0n) is 13.3. The Bertz CT molecular complexity index is 647. The van der Waals surface area contributed by atoms with Gasteiger partial charge in [-0.15, -0.1) is 0 Å². The van der Waals surface area contributed by atoms with Gasteiger partial charge in [0.05, 0.1) is 25.6 Å². The zero-order chi connectivity index (χ0) is 16.9. The summed E-state index contributed by atoms with van der Waals surface area (Å²) in [5.41, 5.74) is 0.432. The van der Waals surface area contributed by atoms with Crippen molar-refractivity contribution < 1.29 is 22.7 Å². The highest BCUT2D eigenvalue weighted by Gasteiger charge is 2.27. The third kappa shape index (κ3) is 4.92. The standard InChI is InChI=1S/C15H22N2O5S/c1-12-11-17(7-8-22-12)23(19,20)9-6-16-15(18)13-4-3-5-14(10-13)21-2/h3-5,10,12H,6-9,11H2,1-2H3,(H,16,18). The quantitative estimate of drug-likeness (QED) is 0.813. The summed E-state index contributed by atoms with van der Waals surface area (Å²) in [6.45, 7) is 3.01. The molecule has 8 heteroatoms. The normalized spacial score (nSPS) is 19.3. The first-order valence-electron chi connectivity index (χ1n) is 7.44. The van der Waals surface area contributed by atoms with Gasteiger partial charge in [-0.2, -0.15) is 4.31 Å². The largest absolute Gasteiger partial charge is 0.497 e. The SMILES string of the molecule is COc1cccc(C(=O)NCCS(=O)(=O)N2CCOC(C)C2)c1. The van der Waals surface area contributed by atoms with Gasteiger partial charge in [0, 0.05) is 25.2 Å². The highest BCUT2D eigenvalue weighted by atomic mass is 32.2. The number of hydrogen-bond donors (Lipinski definition) is 1. The topological polar surface area (TPSA) is 84.9 Å². The highest BCUT2D eigenvalue weighted by Crippen LogP contribution is 2.12. The fourth-order valence-electron chi connectivity index (χ4n) is 2.33. The van der Waals surface area contributed by atoms with E-state index in [0.717, 1.165) is 0 Å². The third-order valence-electron chi connectivity index (χ3n) is 3.57. The summed E-state index contributed by atoms with van der Waals surface area (Å²) in [6.07, 6.45) is -0.107. The lowest BCUT2D eigenvalue weighted by Crippen LogP contribution is -2.46. The van der Waals surface area contributed by atoms with Crippen molar-refractivity contribution in [3.63, 3.8) is 0 Å². The van der Waals surface area contributed by atoms with Gasteiger partial charge in [0.2, 0.25) is 10.0 Å². The van der Waals surface area contributed by atoms with Crippen LogP contribution in [0.5, 0.6) is 5.75 Å². The van der Waals surface area contributed by atoms with Crippen molar-refractivity contribution in [3.05, 3.63) is 29.8 Å². The van der Waals surface area contributed by atoms with Crippen molar-refractivity contribution in [1.82, 2.24) is 9.62 Å². The van der Waals surface area contributed by atoms with E-state index in [-0.39, 0.29) is 24.3 Å². The number of nitrogens with one attached hydrogen (secondary N) is 1. The van der Waals surface area contributed by atoms with Crippen LogP contribution in [0, 0.1) is 0 Å². The van der Waals surface area contributed by atoms with E-state index in [2.05, 4.69) is 5.32 Å². The molecule has 1 saturated heterocycles. The van der Waals surface area contributed by atoms with E-state index in [1.54, 1.807) is 24.3 Å². The minimum atomic E-state index is -3.39. The van der Waals surface area contributed by atoms with Crippen molar-refractivity contribution in [2.24, 2.45) is 0 Å². The number of benzene rings is 1. The number of ether oxygens (including phenoxy) is 2. The zero-order valence-corrected chi connectivity index (χ0v) is 14.1. The Kier molecular flexibility index (Phi) is 5.97. The van der Waals surface area contributed by atoms with Crippen LogP contribution in [0.3, 0.4) is 0 Å². The summed E-state index contributed by atoms with van der Waals surface area (Å²) in [4.78, 5) is 12.0. The van der Waals surface area contributed by atoms with E-state index in [9.17, 15) is 13.2 Å². The van der Waals surface area contributed by atoms with Crippen LogP contribution in [0.15, 0.2) is 24.3 Å². The molecule has 0 saturated carbocycles. The molecule has 0 radical (unpaired) electrons. The molecule has 23 heavy (non-hydrogen) atoms. The summed E-state index contributed by atoms with van der Waals surface area (Å²) in [7, 11) is -1.87. The van der Waals surface area contributed by atoms with Crippen LogP contribution in [-0.4, -0.2) is 63.8 Å². The van der Waals surface area contributed by atoms with Crippen LogP contribution < -0.4 is 10.1 Å². The molecule has 0 spiro atoms. The van der Waals surface area contributed by atoms with E-state index in [4.69, 9.17) is 9.47 Å². The fraction of sp³-hybridized carbons (Fsp3) is 0.533. The maximum absolute atomic E-state index is 12.2. The number of carbonyl (C=O) groups is 1.